The van der Waals surface area contributed by atoms with E-state index < -0.39 is 16.8 Å². The van der Waals surface area contributed by atoms with E-state index in [-0.39, 0.29) is 10.7 Å². The van der Waals surface area contributed by atoms with Crippen LogP contribution in [0, 0.1) is 10.1 Å². The van der Waals surface area contributed by atoms with Crippen molar-refractivity contribution in [2.45, 2.75) is 16.8 Å². The molecule has 0 aliphatic carbocycles. The van der Waals surface area contributed by atoms with Crippen LogP contribution in [0.2, 0.25) is 0 Å². The number of nitrogens with zero attached hydrogens (tertiary/aromatic N) is 1. The number of ketones is 1. The molecule has 0 saturated heterocycles. The molecular weight excluding hydrogens is 406 g/mol. The van der Waals surface area contributed by atoms with Crippen LogP contribution < -0.4 is 0 Å². The van der Waals surface area contributed by atoms with Gasteiger partial charge in [-0.1, -0.05) is 107 Å². The fourth-order valence-corrected chi connectivity index (χ4v) is 4.08. The van der Waals surface area contributed by atoms with Crippen LogP contribution in [0.15, 0.2) is 91.0 Å². The van der Waals surface area contributed by atoms with E-state index in [1.54, 1.807) is 48.5 Å². The summed E-state index contributed by atoms with van der Waals surface area (Å²) in [5.74, 6) is -0.830. The number of halogens is 1. The topological polar surface area (TPSA) is 60.2 Å². The second kappa shape index (κ2) is 8.73. The zero-order valence-electron chi connectivity index (χ0n) is 14.4. The molecule has 27 heavy (non-hydrogen) atoms. The maximum Gasteiger partial charge on any atom is 0.246 e. The number of benzene rings is 3. The minimum absolute atomic E-state index is 0.174. The molecule has 3 rings (SSSR count). The smallest absolute Gasteiger partial charge is 0.246 e. The van der Waals surface area contributed by atoms with E-state index >= 15 is 0 Å². The van der Waals surface area contributed by atoms with Crippen molar-refractivity contribution in [1.82, 2.24) is 0 Å². The third-order valence-corrected chi connectivity index (χ3v) is 5.50. The van der Waals surface area contributed by atoms with Gasteiger partial charge in [0.05, 0.1) is 10.7 Å². The Morgan fingerprint density at radius 3 is 1.70 bits per heavy atom. The van der Waals surface area contributed by atoms with Crippen molar-refractivity contribution in [2.24, 2.45) is 0 Å². The molecule has 136 valence electrons. The summed E-state index contributed by atoms with van der Waals surface area (Å²) in [6, 6.07) is 25.8. The van der Waals surface area contributed by atoms with Crippen LogP contribution in [0.25, 0.3) is 0 Å². The Hall–Kier alpha value is -2.79. The van der Waals surface area contributed by atoms with Gasteiger partial charge in [-0.15, -0.1) is 0 Å². The van der Waals surface area contributed by atoms with E-state index in [2.05, 4.69) is 15.9 Å². The highest BCUT2D eigenvalue weighted by Crippen LogP contribution is 2.40. The number of nitro groups is 1. The maximum absolute atomic E-state index is 13.0. The number of rotatable bonds is 7. The average molecular weight is 424 g/mol. The lowest BCUT2D eigenvalue weighted by Crippen LogP contribution is -2.31. The lowest BCUT2D eigenvalue weighted by atomic mass is 9.82. The quantitative estimate of drug-likeness (QED) is 0.220. The Balaban J connectivity index is 2.08. The molecule has 0 fully saturated rings. The molecule has 0 spiro atoms. The summed E-state index contributed by atoms with van der Waals surface area (Å²) < 4.78 is 0. The molecule has 5 heteroatoms. The minimum Gasteiger partial charge on any atom is -0.293 e. The van der Waals surface area contributed by atoms with Gasteiger partial charge < -0.3 is 0 Å². The average Bonchev–Trinajstić information content (AvgIpc) is 2.72. The van der Waals surface area contributed by atoms with Crippen LogP contribution in [0.4, 0.5) is 0 Å². The van der Waals surface area contributed by atoms with Crippen molar-refractivity contribution in [3.63, 3.8) is 0 Å². The standard InChI is InChI=1S/C22H18BrNO3/c23-20(22(25)18-14-8-3-9-15-18)19(16-10-4-1-5-11-16)21(24(26)27)17-12-6-2-7-13-17/h1-15,19-21H/t19-,20-,21+/m0/s1. The third kappa shape index (κ3) is 4.31. The van der Waals surface area contributed by atoms with Crippen molar-refractivity contribution in [2.75, 3.05) is 0 Å². The molecule has 3 aromatic rings. The SMILES string of the molecule is O=C(c1ccccc1)[C@@H](Br)[C@H](c1ccccc1)[C@@H](c1ccccc1)[N+](=O)[O-]. The summed E-state index contributed by atoms with van der Waals surface area (Å²) in [6.07, 6.45) is 0. The molecule has 0 aliphatic heterocycles. The summed E-state index contributed by atoms with van der Waals surface area (Å²) in [7, 11) is 0. The maximum atomic E-state index is 13.0. The molecule has 0 unspecified atom stereocenters. The Bertz CT molecular complexity index is 901. The largest absolute Gasteiger partial charge is 0.293 e. The van der Waals surface area contributed by atoms with E-state index in [4.69, 9.17) is 0 Å². The number of alkyl halides is 1. The van der Waals surface area contributed by atoms with Gasteiger partial charge in [-0.05, 0) is 5.56 Å². The van der Waals surface area contributed by atoms with Gasteiger partial charge in [-0.25, -0.2) is 0 Å². The lowest BCUT2D eigenvalue weighted by molar-refractivity contribution is -0.533. The first kappa shape index (κ1) is 19.0. The highest BCUT2D eigenvalue weighted by molar-refractivity contribution is 9.10. The molecule has 0 saturated carbocycles. The lowest BCUT2D eigenvalue weighted by Gasteiger charge is -2.25. The number of hydrogen-bond donors (Lipinski definition) is 0. The van der Waals surface area contributed by atoms with Crippen LogP contribution in [0.3, 0.4) is 0 Å². The second-order valence-electron chi connectivity index (χ2n) is 6.21. The van der Waals surface area contributed by atoms with E-state index in [1.165, 1.54) is 0 Å². The molecule has 0 heterocycles. The molecule has 3 atom stereocenters. The monoisotopic (exact) mass is 423 g/mol. The van der Waals surface area contributed by atoms with Gasteiger partial charge in [0, 0.05) is 16.1 Å². The van der Waals surface area contributed by atoms with Gasteiger partial charge in [-0.2, -0.15) is 0 Å². The molecule has 0 bridgehead atoms. The summed E-state index contributed by atoms with van der Waals surface area (Å²) in [4.78, 5) is 24.1. The van der Waals surface area contributed by atoms with Crippen LogP contribution in [-0.4, -0.2) is 15.5 Å². The minimum atomic E-state index is -1.05. The number of carbonyl (C=O) groups is 1. The van der Waals surface area contributed by atoms with E-state index in [1.807, 2.05) is 42.5 Å². The van der Waals surface area contributed by atoms with Crippen molar-refractivity contribution >= 4 is 21.7 Å². The zero-order chi connectivity index (χ0) is 19.2. The van der Waals surface area contributed by atoms with Crippen LogP contribution in [0.1, 0.15) is 33.4 Å². The molecule has 0 aliphatic rings. The summed E-state index contributed by atoms with van der Waals surface area (Å²) in [5.41, 5.74) is 1.84. The van der Waals surface area contributed by atoms with Crippen LogP contribution >= 0.6 is 15.9 Å². The van der Waals surface area contributed by atoms with Gasteiger partial charge in [0.15, 0.2) is 5.78 Å². The second-order valence-corrected chi connectivity index (χ2v) is 7.20. The Morgan fingerprint density at radius 1 is 0.778 bits per heavy atom. The molecule has 3 aromatic carbocycles. The first-order valence-corrected chi connectivity index (χ1v) is 9.48. The normalized spacial score (nSPS) is 14.1. The Labute approximate surface area is 166 Å². The van der Waals surface area contributed by atoms with Crippen molar-refractivity contribution in [3.8, 4) is 0 Å². The number of hydrogen-bond acceptors (Lipinski definition) is 3. The van der Waals surface area contributed by atoms with Crippen molar-refractivity contribution in [3.05, 3.63) is 118 Å². The van der Waals surface area contributed by atoms with Crippen molar-refractivity contribution < 1.29 is 9.72 Å². The number of carbonyl (C=O) groups excluding carboxylic acids is 1. The number of Topliss-reactive ketones (excluding diaryl/α,β-unsaturated/α-hetero) is 1. The van der Waals surface area contributed by atoms with E-state index in [0.717, 1.165) is 5.56 Å². The predicted octanol–water partition coefficient (Wildman–Crippen LogP) is 5.43. The Morgan fingerprint density at radius 2 is 1.22 bits per heavy atom. The molecular formula is C22H18BrNO3. The fraction of sp³-hybridized carbons (Fsp3) is 0.136. The highest BCUT2D eigenvalue weighted by Gasteiger charge is 2.42. The summed E-state index contributed by atoms with van der Waals surface area (Å²) in [5, 5.41) is 12.1. The third-order valence-electron chi connectivity index (χ3n) is 4.52. The summed E-state index contributed by atoms with van der Waals surface area (Å²) >= 11 is 3.50. The first-order chi connectivity index (χ1) is 13.1. The van der Waals surface area contributed by atoms with Crippen molar-refractivity contribution in [1.29, 1.82) is 0 Å². The Kier molecular flexibility index (Phi) is 6.14. The highest BCUT2D eigenvalue weighted by atomic mass is 79.9. The molecule has 0 N–H and O–H groups in total. The van der Waals surface area contributed by atoms with Gasteiger partial charge >= 0.3 is 0 Å². The van der Waals surface area contributed by atoms with Gasteiger partial charge in [0.2, 0.25) is 6.04 Å². The summed E-state index contributed by atoms with van der Waals surface area (Å²) in [6.45, 7) is 0. The zero-order valence-corrected chi connectivity index (χ0v) is 16.0. The van der Waals surface area contributed by atoms with Crippen LogP contribution in [-0.2, 0) is 0 Å². The predicted molar refractivity (Wildman–Crippen MR) is 109 cm³/mol. The van der Waals surface area contributed by atoms with Gasteiger partial charge in [0.25, 0.3) is 0 Å². The first-order valence-electron chi connectivity index (χ1n) is 8.56. The van der Waals surface area contributed by atoms with E-state index in [0.29, 0.717) is 11.1 Å². The molecule has 0 amide bonds. The molecule has 0 aromatic heterocycles. The fourth-order valence-electron chi connectivity index (χ4n) is 3.22. The van der Waals surface area contributed by atoms with Gasteiger partial charge in [-0.3, -0.25) is 14.9 Å². The van der Waals surface area contributed by atoms with Crippen LogP contribution in [0.5, 0.6) is 0 Å². The molecule has 4 nitrogen and oxygen atoms in total. The van der Waals surface area contributed by atoms with E-state index in [9.17, 15) is 14.9 Å². The van der Waals surface area contributed by atoms with Gasteiger partial charge in [0.1, 0.15) is 0 Å². The molecule has 0 radical (unpaired) electrons.